The number of nitrogens with zero attached hydrogens (tertiary/aromatic N) is 1. The third-order valence-corrected chi connectivity index (χ3v) is 3.23. The lowest BCUT2D eigenvalue weighted by molar-refractivity contribution is 0.0696. The van der Waals surface area contributed by atoms with Gasteiger partial charge < -0.3 is 10.1 Å². The van der Waals surface area contributed by atoms with E-state index in [1.54, 1.807) is 6.07 Å². The molecule has 1 aromatic carbocycles. The summed E-state index contributed by atoms with van der Waals surface area (Å²) < 4.78 is 0. The first-order valence-electron chi connectivity index (χ1n) is 5.62. The number of carbonyl (C=O) groups is 1. The van der Waals surface area contributed by atoms with Crippen LogP contribution in [0, 0.1) is 0 Å². The van der Waals surface area contributed by atoms with Crippen LogP contribution in [0.1, 0.15) is 10.4 Å². The molecular formula is C14H9ClN2O2. The van der Waals surface area contributed by atoms with Crippen LogP contribution in [-0.4, -0.2) is 21.0 Å². The third-order valence-electron chi connectivity index (χ3n) is 2.90. The molecule has 0 amide bonds. The average molecular weight is 273 g/mol. The Hall–Kier alpha value is -2.33. The number of hydrogen-bond donors (Lipinski definition) is 2. The van der Waals surface area contributed by atoms with Crippen LogP contribution in [0.2, 0.25) is 5.02 Å². The first-order chi connectivity index (χ1) is 9.15. The van der Waals surface area contributed by atoms with Crippen molar-refractivity contribution in [3.05, 3.63) is 53.2 Å². The molecule has 0 bridgehead atoms. The SMILES string of the molecule is O=C(O)c1ccc(-c2cc3c(Cl)cccc3[nH]2)nc1. The van der Waals surface area contributed by atoms with Gasteiger partial charge in [-0.1, -0.05) is 17.7 Å². The Morgan fingerprint density at radius 1 is 1.26 bits per heavy atom. The lowest BCUT2D eigenvalue weighted by Crippen LogP contribution is -1.97. The van der Waals surface area contributed by atoms with Gasteiger partial charge in [0.25, 0.3) is 0 Å². The Labute approximate surface area is 113 Å². The van der Waals surface area contributed by atoms with E-state index in [4.69, 9.17) is 16.7 Å². The van der Waals surface area contributed by atoms with Gasteiger partial charge in [0, 0.05) is 22.1 Å². The van der Waals surface area contributed by atoms with E-state index in [1.807, 2.05) is 24.3 Å². The van der Waals surface area contributed by atoms with Crippen LogP contribution in [0.15, 0.2) is 42.6 Å². The Morgan fingerprint density at radius 3 is 2.74 bits per heavy atom. The number of rotatable bonds is 2. The lowest BCUT2D eigenvalue weighted by Gasteiger charge is -1.97. The van der Waals surface area contributed by atoms with Gasteiger partial charge in [-0.15, -0.1) is 0 Å². The summed E-state index contributed by atoms with van der Waals surface area (Å²) >= 11 is 6.11. The molecular weight excluding hydrogens is 264 g/mol. The van der Waals surface area contributed by atoms with Crippen LogP contribution in [0.25, 0.3) is 22.3 Å². The smallest absolute Gasteiger partial charge is 0.337 e. The van der Waals surface area contributed by atoms with Crippen molar-refractivity contribution in [2.24, 2.45) is 0 Å². The first kappa shape index (κ1) is 11.7. The fourth-order valence-corrected chi connectivity index (χ4v) is 2.16. The summed E-state index contributed by atoms with van der Waals surface area (Å²) in [5, 5.41) is 10.4. The molecule has 0 spiro atoms. The third kappa shape index (κ3) is 2.06. The largest absolute Gasteiger partial charge is 0.478 e. The number of H-pyrrole nitrogens is 1. The minimum absolute atomic E-state index is 0.165. The maximum atomic E-state index is 10.8. The Kier molecular flexibility index (Phi) is 2.72. The van der Waals surface area contributed by atoms with Gasteiger partial charge >= 0.3 is 5.97 Å². The summed E-state index contributed by atoms with van der Waals surface area (Å²) in [5.41, 5.74) is 2.57. The highest BCUT2D eigenvalue weighted by atomic mass is 35.5. The number of pyridine rings is 1. The van der Waals surface area contributed by atoms with E-state index >= 15 is 0 Å². The van der Waals surface area contributed by atoms with Crippen molar-refractivity contribution in [1.82, 2.24) is 9.97 Å². The van der Waals surface area contributed by atoms with Gasteiger partial charge in [0.05, 0.1) is 17.0 Å². The molecule has 0 aliphatic carbocycles. The minimum Gasteiger partial charge on any atom is -0.478 e. The second kappa shape index (κ2) is 4.40. The number of fused-ring (bicyclic) bond motifs is 1. The molecule has 2 aromatic heterocycles. The molecule has 0 fully saturated rings. The molecule has 3 rings (SSSR count). The molecule has 0 aliphatic rings. The molecule has 0 atom stereocenters. The number of nitrogens with one attached hydrogen (secondary N) is 1. The summed E-state index contributed by atoms with van der Waals surface area (Å²) in [7, 11) is 0. The minimum atomic E-state index is -0.987. The highest BCUT2D eigenvalue weighted by Crippen LogP contribution is 2.28. The van der Waals surface area contributed by atoms with Crippen molar-refractivity contribution in [2.45, 2.75) is 0 Å². The molecule has 19 heavy (non-hydrogen) atoms. The van der Waals surface area contributed by atoms with Crippen LogP contribution in [0.3, 0.4) is 0 Å². The predicted molar refractivity (Wildman–Crippen MR) is 73.5 cm³/mol. The number of benzene rings is 1. The predicted octanol–water partition coefficient (Wildman–Crippen LogP) is 3.58. The number of aromatic nitrogens is 2. The van der Waals surface area contributed by atoms with Crippen molar-refractivity contribution < 1.29 is 9.90 Å². The van der Waals surface area contributed by atoms with Crippen molar-refractivity contribution in [3.63, 3.8) is 0 Å². The second-order valence-electron chi connectivity index (χ2n) is 4.12. The van der Waals surface area contributed by atoms with Gasteiger partial charge in [-0.2, -0.15) is 0 Å². The average Bonchev–Trinajstić information content (AvgIpc) is 2.84. The van der Waals surface area contributed by atoms with Crippen molar-refractivity contribution in [1.29, 1.82) is 0 Å². The van der Waals surface area contributed by atoms with E-state index in [0.717, 1.165) is 16.6 Å². The molecule has 0 saturated heterocycles. The summed E-state index contributed by atoms with van der Waals surface area (Å²) in [6.07, 6.45) is 1.34. The van der Waals surface area contributed by atoms with Gasteiger partial charge in [0.1, 0.15) is 0 Å². The standard InChI is InChI=1S/C14H9ClN2O2/c15-10-2-1-3-11-9(10)6-13(17-11)12-5-4-8(7-16-12)14(18)19/h1-7,17H,(H,18,19). The zero-order valence-corrected chi connectivity index (χ0v) is 10.5. The summed E-state index contributed by atoms with van der Waals surface area (Å²) in [5.74, 6) is -0.987. The van der Waals surface area contributed by atoms with E-state index in [9.17, 15) is 4.79 Å². The van der Waals surface area contributed by atoms with E-state index < -0.39 is 5.97 Å². The Bertz CT molecular complexity index is 763. The molecule has 3 aromatic rings. The van der Waals surface area contributed by atoms with E-state index in [0.29, 0.717) is 10.7 Å². The van der Waals surface area contributed by atoms with Gasteiger partial charge in [-0.05, 0) is 30.3 Å². The number of aromatic carboxylic acids is 1. The van der Waals surface area contributed by atoms with Crippen molar-refractivity contribution in [3.8, 4) is 11.4 Å². The second-order valence-corrected chi connectivity index (χ2v) is 4.53. The number of hydrogen-bond acceptors (Lipinski definition) is 2. The summed E-state index contributed by atoms with van der Waals surface area (Å²) in [6, 6.07) is 10.7. The van der Waals surface area contributed by atoms with Gasteiger partial charge in [-0.3, -0.25) is 4.98 Å². The fourth-order valence-electron chi connectivity index (χ4n) is 1.94. The van der Waals surface area contributed by atoms with E-state index in [-0.39, 0.29) is 5.56 Å². The first-order valence-corrected chi connectivity index (χ1v) is 6.00. The van der Waals surface area contributed by atoms with Crippen LogP contribution in [0.4, 0.5) is 0 Å². The molecule has 94 valence electrons. The van der Waals surface area contributed by atoms with Crippen LogP contribution >= 0.6 is 11.6 Å². The van der Waals surface area contributed by atoms with Crippen LogP contribution in [0.5, 0.6) is 0 Å². The maximum absolute atomic E-state index is 10.8. The van der Waals surface area contributed by atoms with Gasteiger partial charge in [0.2, 0.25) is 0 Å². The number of halogens is 1. The van der Waals surface area contributed by atoms with Gasteiger partial charge in [0.15, 0.2) is 0 Å². The number of carboxylic acid groups (broad SMARTS) is 1. The number of carboxylic acids is 1. The molecule has 0 radical (unpaired) electrons. The van der Waals surface area contributed by atoms with Gasteiger partial charge in [-0.25, -0.2) is 4.79 Å². The number of aromatic amines is 1. The van der Waals surface area contributed by atoms with Crippen molar-refractivity contribution >= 4 is 28.5 Å². The fraction of sp³-hybridized carbons (Fsp3) is 0. The molecule has 2 N–H and O–H groups in total. The summed E-state index contributed by atoms with van der Waals surface area (Å²) in [6.45, 7) is 0. The molecule has 0 saturated carbocycles. The molecule has 0 aliphatic heterocycles. The summed E-state index contributed by atoms with van der Waals surface area (Å²) in [4.78, 5) is 18.1. The van der Waals surface area contributed by atoms with E-state index in [1.165, 1.54) is 12.3 Å². The molecule has 2 heterocycles. The lowest BCUT2D eigenvalue weighted by atomic mass is 10.2. The normalized spacial score (nSPS) is 10.8. The molecule has 5 heteroatoms. The topological polar surface area (TPSA) is 66.0 Å². The quantitative estimate of drug-likeness (QED) is 0.749. The highest BCUT2D eigenvalue weighted by molar-refractivity contribution is 6.35. The zero-order chi connectivity index (χ0) is 13.4. The Morgan fingerprint density at radius 2 is 2.11 bits per heavy atom. The van der Waals surface area contributed by atoms with E-state index in [2.05, 4.69) is 9.97 Å². The monoisotopic (exact) mass is 272 g/mol. The molecule has 0 unspecified atom stereocenters. The van der Waals surface area contributed by atoms with Crippen LogP contribution < -0.4 is 0 Å². The molecule has 4 nitrogen and oxygen atoms in total. The van der Waals surface area contributed by atoms with Crippen LogP contribution in [-0.2, 0) is 0 Å². The maximum Gasteiger partial charge on any atom is 0.337 e. The zero-order valence-electron chi connectivity index (χ0n) is 9.72. The Balaban J connectivity index is 2.09. The highest BCUT2D eigenvalue weighted by Gasteiger charge is 2.08. The van der Waals surface area contributed by atoms with Crippen molar-refractivity contribution in [2.75, 3.05) is 0 Å².